The van der Waals surface area contributed by atoms with Crippen LogP contribution in [0.15, 0.2) is 18.3 Å². The van der Waals surface area contributed by atoms with E-state index in [0.717, 1.165) is 12.3 Å². The van der Waals surface area contributed by atoms with E-state index in [2.05, 4.69) is 10.3 Å². The first kappa shape index (κ1) is 14.7. The molecule has 0 aliphatic heterocycles. The molecule has 1 rings (SSSR count). The van der Waals surface area contributed by atoms with Crippen molar-refractivity contribution in [2.24, 2.45) is 0 Å². The molecular formula is C11H15F3N2O2. The second-order valence-electron chi connectivity index (χ2n) is 3.70. The zero-order chi connectivity index (χ0) is 13.8. The molecule has 0 saturated carbocycles. The predicted octanol–water partition coefficient (Wildman–Crippen LogP) is 2.52. The van der Waals surface area contributed by atoms with Gasteiger partial charge in [0.1, 0.15) is 5.69 Å². The van der Waals surface area contributed by atoms with E-state index in [4.69, 9.17) is 9.47 Å². The number of nitrogens with one attached hydrogen (secondary N) is 1. The lowest BCUT2D eigenvalue weighted by molar-refractivity contribution is -0.141. The lowest BCUT2D eigenvalue weighted by atomic mass is 10.2. The number of rotatable bonds is 5. The second kappa shape index (κ2) is 6.01. The molecule has 1 aromatic heterocycles. The zero-order valence-corrected chi connectivity index (χ0v) is 10.3. The van der Waals surface area contributed by atoms with Crippen molar-refractivity contribution >= 4 is 5.69 Å². The van der Waals surface area contributed by atoms with Gasteiger partial charge in [-0.05, 0) is 19.1 Å². The summed E-state index contributed by atoms with van der Waals surface area (Å²) in [7, 11) is 2.97. The summed E-state index contributed by atoms with van der Waals surface area (Å²) in [5.41, 5.74) is -0.453. The third-order valence-corrected chi connectivity index (χ3v) is 2.32. The second-order valence-corrected chi connectivity index (χ2v) is 3.70. The highest BCUT2D eigenvalue weighted by molar-refractivity contribution is 5.42. The molecule has 0 saturated heterocycles. The van der Waals surface area contributed by atoms with Gasteiger partial charge in [0.15, 0.2) is 6.29 Å². The van der Waals surface area contributed by atoms with E-state index >= 15 is 0 Å². The molecule has 0 amide bonds. The van der Waals surface area contributed by atoms with Crippen LogP contribution >= 0.6 is 0 Å². The molecular weight excluding hydrogens is 249 g/mol. The molecule has 0 aromatic carbocycles. The molecule has 18 heavy (non-hydrogen) atoms. The summed E-state index contributed by atoms with van der Waals surface area (Å²) in [5.74, 6) is 0. The van der Waals surface area contributed by atoms with Gasteiger partial charge in [-0.1, -0.05) is 0 Å². The van der Waals surface area contributed by atoms with Crippen LogP contribution in [0.25, 0.3) is 0 Å². The molecule has 7 heteroatoms. The zero-order valence-electron chi connectivity index (χ0n) is 10.3. The molecule has 0 radical (unpaired) electrons. The highest BCUT2D eigenvalue weighted by Crippen LogP contribution is 2.27. The van der Waals surface area contributed by atoms with Crippen molar-refractivity contribution in [2.45, 2.75) is 25.4 Å². The van der Waals surface area contributed by atoms with Crippen molar-refractivity contribution in [1.29, 1.82) is 0 Å². The third-order valence-electron chi connectivity index (χ3n) is 2.32. The fraction of sp³-hybridized carbons (Fsp3) is 0.545. The minimum absolute atomic E-state index is 0.224. The Morgan fingerprint density at radius 3 is 2.22 bits per heavy atom. The number of halogens is 3. The van der Waals surface area contributed by atoms with Crippen molar-refractivity contribution in [3.63, 3.8) is 0 Å². The summed E-state index contributed by atoms with van der Waals surface area (Å²) < 4.78 is 46.9. The predicted molar refractivity (Wildman–Crippen MR) is 60.1 cm³/mol. The minimum Gasteiger partial charge on any atom is -0.376 e. The largest absolute Gasteiger partial charge is 0.433 e. The van der Waals surface area contributed by atoms with Crippen LogP contribution in [0.4, 0.5) is 18.9 Å². The normalized spacial score (nSPS) is 13.7. The van der Waals surface area contributed by atoms with Gasteiger partial charge in [-0.3, -0.25) is 0 Å². The summed E-state index contributed by atoms with van der Waals surface area (Å²) in [6, 6.07) is 2.01. The Hall–Kier alpha value is -1.34. The minimum atomic E-state index is -4.42. The number of methoxy groups -OCH3 is 2. The van der Waals surface area contributed by atoms with E-state index in [9.17, 15) is 13.2 Å². The maximum atomic E-state index is 12.3. The molecule has 0 fully saturated rings. The number of hydrogen-bond donors (Lipinski definition) is 1. The molecule has 1 N–H and O–H groups in total. The Morgan fingerprint density at radius 1 is 1.22 bits per heavy atom. The fourth-order valence-electron chi connectivity index (χ4n) is 1.48. The highest BCUT2D eigenvalue weighted by Gasteiger charge is 2.32. The summed E-state index contributed by atoms with van der Waals surface area (Å²) in [6.07, 6.45) is -3.79. The topological polar surface area (TPSA) is 43.4 Å². The van der Waals surface area contributed by atoms with Gasteiger partial charge in [0.2, 0.25) is 0 Å². The van der Waals surface area contributed by atoms with Gasteiger partial charge in [0.05, 0.1) is 17.9 Å². The standard InChI is InChI=1S/C11H15F3N2O2/c1-7(10(17-2)18-3)16-8-4-5-9(15-6-8)11(12,13)14/h4-7,10,16H,1-3H3. The van der Waals surface area contributed by atoms with Gasteiger partial charge < -0.3 is 14.8 Å². The number of nitrogens with zero attached hydrogens (tertiary/aromatic N) is 1. The molecule has 1 aromatic rings. The van der Waals surface area contributed by atoms with Gasteiger partial charge >= 0.3 is 6.18 Å². The van der Waals surface area contributed by atoms with Gasteiger partial charge in [-0.25, -0.2) is 4.98 Å². The van der Waals surface area contributed by atoms with E-state index in [1.54, 1.807) is 6.92 Å². The van der Waals surface area contributed by atoms with Crippen LogP contribution in [-0.2, 0) is 15.7 Å². The molecule has 1 atom stereocenters. The SMILES string of the molecule is COC(OC)C(C)Nc1ccc(C(F)(F)F)nc1. The first-order chi connectivity index (χ1) is 8.38. The van der Waals surface area contributed by atoms with Gasteiger partial charge in [0, 0.05) is 14.2 Å². The lowest BCUT2D eigenvalue weighted by Gasteiger charge is -2.23. The summed E-state index contributed by atoms with van der Waals surface area (Å²) in [6.45, 7) is 1.79. The molecule has 0 spiro atoms. The third kappa shape index (κ3) is 3.85. The lowest BCUT2D eigenvalue weighted by Crippen LogP contribution is -2.33. The maximum absolute atomic E-state index is 12.3. The highest BCUT2D eigenvalue weighted by atomic mass is 19.4. The van der Waals surface area contributed by atoms with Crippen LogP contribution in [0.2, 0.25) is 0 Å². The van der Waals surface area contributed by atoms with E-state index in [-0.39, 0.29) is 6.04 Å². The van der Waals surface area contributed by atoms with Crippen LogP contribution < -0.4 is 5.32 Å². The van der Waals surface area contributed by atoms with Gasteiger partial charge in [-0.2, -0.15) is 13.2 Å². The molecule has 102 valence electrons. The van der Waals surface area contributed by atoms with Crippen molar-refractivity contribution < 1.29 is 22.6 Å². The number of alkyl halides is 3. The van der Waals surface area contributed by atoms with Crippen LogP contribution in [0, 0.1) is 0 Å². The van der Waals surface area contributed by atoms with Crippen LogP contribution in [0.1, 0.15) is 12.6 Å². The Morgan fingerprint density at radius 2 is 1.83 bits per heavy atom. The molecule has 0 bridgehead atoms. The Kier molecular flexibility index (Phi) is 4.92. The Balaban J connectivity index is 2.69. The Bertz CT molecular complexity index is 364. The van der Waals surface area contributed by atoms with Crippen molar-refractivity contribution in [3.05, 3.63) is 24.0 Å². The van der Waals surface area contributed by atoms with E-state index in [1.807, 2.05) is 0 Å². The number of anilines is 1. The smallest absolute Gasteiger partial charge is 0.376 e. The van der Waals surface area contributed by atoms with Crippen LogP contribution in [0.5, 0.6) is 0 Å². The number of hydrogen-bond acceptors (Lipinski definition) is 4. The van der Waals surface area contributed by atoms with E-state index < -0.39 is 18.2 Å². The summed E-state index contributed by atoms with van der Waals surface area (Å²) >= 11 is 0. The van der Waals surface area contributed by atoms with Crippen LogP contribution in [0.3, 0.4) is 0 Å². The first-order valence-corrected chi connectivity index (χ1v) is 5.24. The van der Waals surface area contributed by atoms with Crippen molar-refractivity contribution in [1.82, 2.24) is 4.98 Å². The van der Waals surface area contributed by atoms with Crippen molar-refractivity contribution in [3.8, 4) is 0 Å². The fourth-order valence-corrected chi connectivity index (χ4v) is 1.48. The van der Waals surface area contributed by atoms with Gasteiger partial charge in [0.25, 0.3) is 0 Å². The first-order valence-electron chi connectivity index (χ1n) is 5.24. The average Bonchev–Trinajstić information content (AvgIpc) is 2.30. The average molecular weight is 264 g/mol. The van der Waals surface area contributed by atoms with Crippen molar-refractivity contribution in [2.75, 3.05) is 19.5 Å². The molecule has 1 heterocycles. The molecule has 4 nitrogen and oxygen atoms in total. The quantitative estimate of drug-likeness (QED) is 0.830. The molecule has 1 unspecified atom stereocenters. The molecule has 0 aliphatic carbocycles. The van der Waals surface area contributed by atoms with E-state index in [0.29, 0.717) is 5.69 Å². The summed E-state index contributed by atoms with van der Waals surface area (Å²) in [5, 5.41) is 2.94. The molecule has 0 aliphatic rings. The number of ether oxygens (including phenoxy) is 2. The monoisotopic (exact) mass is 264 g/mol. The van der Waals surface area contributed by atoms with Crippen LogP contribution in [-0.4, -0.2) is 31.5 Å². The maximum Gasteiger partial charge on any atom is 0.433 e. The summed E-state index contributed by atoms with van der Waals surface area (Å²) in [4.78, 5) is 3.34. The van der Waals surface area contributed by atoms with E-state index in [1.165, 1.54) is 20.3 Å². The number of aromatic nitrogens is 1. The van der Waals surface area contributed by atoms with Gasteiger partial charge in [-0.15, -0.1) is 0 Å². The Labute approximate surface area is 103 Å². The number of pyridine rings is 1.